The molecule has 1 aliphatic heterocycles. The van der Waals surface area contributed by atoms with Crippen LogP contribution in [0, 0.1) is 5.82 Å². The van der Waals surface area contributed by atoms with Gasteiger partial charge in [0.2, 0.25) is 0 Å². The fraction of sp³-hybridized carbons (Fsp3) is 0.435. The molecule has 31 heavy (non-hydrogen) atoms. The first-order chi connectivity index (χ1) is 14.7. The molecule has 0 saturated carbocycles. The molecule has 3 unspecified atom stereocenters. The highest BCUT2D eigenvalue weighted by molar-refractivity contribution is 5.83. The summed E-state index contributed by atoms with van der Waals surface area (Å²) in [7, 11) is 1.52. The zero-order valence-electron chi connectivity index (χ0n) is 17.4. The number of nitrogens with one attached hydrogen (secondary N) is 1. The van der Waals surface area contributed by atoms with Gasteiger partial charge in [-0.25, -0.2) is 4.39 Å². The van der Waals surface area contributed by atoms with Gasteiger partial charge in [0.15, 0.2) is 0 Å². The maximum absolute atomic E-state index is 14.1. The van der Waals surface area contributed by atoms with Gasteiger partial charge in [0.25, 0.3) is 0 Å². The van der Waals surface area contributed by atoms with E-state index in [0.717, 1.165) is 11.3 Å². The summed E-state index contributed by atoms with van der Waals surface area (Å²) in [5.74, 6) is -0.00487. The van der Waals surface area contributed by atoms with Gasteiger partial charge in [0.1, 0.15) is 17.6 Å². The lowest BCUT2D eigenvalue weighted by atomic mass is 9.66. The van der Waals surface area contributed by atoms with Crippen molar-refractivity contribution in [3.8, 4) is 5.75 Å². The number of hydroxylamine groups is 1. The van der Waals surface area contributed by atoms with Crippen molar-refractivity contribution in [2.45, 2.75) is 56.2 Å². The van der Waals surface area contributed by atoms with E-state index in [-0.39, 0.29) is 18.8 Å². The molecule has 0 bridgehead atoms. The molecule has 1 heterocycles. The van der Waals surface area contributed by atoms with Crippen LogP contribution in [0.5, 0.6) is 5.75 Å². The molecule has 168 valence electrons. The van der Waals surface area contributed by atoms with Gasteiger partial charge < -0.3 is 9.94 Å². The highest BCUT2D eigenvalue weighted by atomic mass is 19.4. The van der Waals surface area contributed by atoms with Crippen molar-refractivity contribution in [2.24, 2.45) is 4.99 Å². The summed E-state index contributed by atoms with van der Waals surface area (Å²) < 4.78 is 58.2. The normalized spacial score (nSPS) is 21.6. The zero-order valence-corrected chi connectivity index (χ0v) is 17.4. The molecule has 0 aliphatic carbocycles. The molecule has 2 N–H and O–H groups in total. The summed E-state index contributed by atoms with van der Waals surface area (Å²) in [4.78, 5) is 4.59. The highest BCUT2D eigenvalue weighted by Crippen LogP contribution is 2.49. The molecule has 3 rings (SSSR count). The van der Waals surface area contributed by atoms with Crippen molar-refractivity contribution < 1.29 is 27.5 Å². The molecule has 0 saturated heterocycles. The van der Waals surface area contributed by atoms with Crippen LogP contribution < -0.4 is 10.2 Å². The lowest BCUT2D eigenvalue weighted by molar-refractivity contribution is -0.177. The number of methoxy groups -OCH3 is 1. The maximum Gasteiger partial charge on any atom is 0.406 e. The number of ether oxygens (including phenoxy) is 1. The van der Waals surface area contributed by atoms with Gasteiger partial charge in [-0.2, -0.15) is 18.7 Å². The van der Waals surface area contributed by atoms with E-state index in [1.165, 1.54) is 24.7 Å². The number of rotatable bonds is 8. The molecule has 3 atom stereocenters. The first kappa shape index (κ1) is 23.2. The Morgan fingerprint density at radius 2 is 1.94 bits per heavy atom. The average molecular weight is 438 g/mol. The zero-order chi connectivity index (χ0) is 22.6. The third kappa shape index (κ3) is 4.91. The number of halogens is 4. The van der Waals surface area contributed by atoms with Gasteiger partial charge in [-0.15, -0.1) is 0 Å². The van der Waals surface area contributed by atoms with Gasteiger partial charge in [-0.05, 0) is 49.6 Å². The van der Waals surface area contributed by atoms with Gasteiger partial charge in [0, 0.05) is 23.1 Å². The Balaban J connectivity index is 1.89. The second-order valence-electron chi connectivity index (χ2n) is 8.00. The number of benzene rings is 2. The van der Waals surface area contributed by atoms with Crippen molar-refractivity contribution in [1.29, 1.82) is 0 Å². The first-order valence-corrected chi connectivity index (χ1v) is 10.1. The fourth-order valence-corrected chi connectivity index (χ4v) is 4.33. The Hall–Kier alpha value is -2.45. The number of hydrogen-bond donors (Lipinski definition) is 2. The van der Waals surface area contributed by atoms with Crippen LogP contribution in [0.15, 0.2) is 47.5 Å². The molecule has 0 spiro atoms. The van der Waals surface area contributed by atoms with Gasteiger partial charge in [-0.1, -0.05) is 31.0 Å². The van der Waals surface area contributed by atoms with E-state index in [2.05, 4.69) is 4.99 Å². The molecule has 0 radical (unpaired) electrons. The fourth-order valence-electron chi connectivity index (χ4n) is 4.33. The lowest BCUT2D eigenvalue weighted by Crippen LogP contribution is -2.40. The molecule has 2 aromatic rings. The molecule has 0 fully saturated rings. The number of aliphatic imine (C=N–C) groups is 1. The Kier molecular flexibility index (Phi) is 7.01. The number of unbranched alkanes of at least 4 members (excludes halogenated alkanes) is 1. The second-order valence-corrected chi connectivity index (χ2v) is 8.00. The van der Waals surface area contributed by atoms with Crippen LogP contribution in [0.2, 0.25) is 0 Å². The largest absolute Gasteiger partial charge is 0.496 e. The van der Waals surface area contributed by atoms with Gasteiger partial charge in [-0.3, -0.25) is 4.99 Å². The van der Waals surface area contributed by atoms with Crippen molar-refractivity contribution in [2.75, 3.05) is 7.11 Å². The summed E-state index contributed by atoms with van der Waals surface area (Å²) in [6.45, 7) is 1.95. The molecule has 8 heteroatoms. The number of para-hydroxylation sites is 1. The minimum absolute atomic E-state index is 0.136. The van der Waals surface area contributed by atoms with E-state index in [9.17, 15) is 17.6 Å². The predicted molar refractivity (Wildman–Crippen MR) is 111 cm³/mol. The van der Waals surface area contributed by atoms with Crippen molar-refractivity contribution in [1.82, 2.24) is 5.48 Å². The SMILES string of the molecule is COc1ccc(F)cc1C1(C)C=Nc2ccccc2C1CCCCC(NO)C(F)(F)F. The monoisotopic (exact) mass is 438 g/mol. The van der Waals surface area contributed by atoms with Crippen LogP contribution in [0.3, 0.4) is 0 Å². The summed E-state index contributed by atoms with van der Waals surface area (Å²) >= 11 is 0. The van der Waals surface area contributed by atoms with Crippen LogP contribution in [-0.4, -0.2) is 30.7 Å². The van der Waals surface area contributed by atoms with Gasteiger partial charge >= 0.3 is 6.18 Å². The van der Waals surface area contributed by atoms with Crippen LogP contribution >= 0.6 is 0 Å². The Morgan fingerprint density at radius 1 is 1.19 bits per heavy atom. The van der Waals surface area contributed by atoms with E-state index in [1.807, 2.05) is 31.2 Å². The number of alkyl halides is 3. The molecule has 4 nitrogen and oxygen atoms in total. The molecular formula is C23H26F4N2O2. The Morgan fingerprint density at radius 3 is 2.61 bits per heavy atom. The molecular weight excluding hydrogens is 412 g/mol. The minimum atomic E-state index is -4.51. The average Bonchev–Trinajstić information content (AvgIpc) is 2.74. The van der Waals surface area contributed by atoms with E-state index in [4.69, 9.17) is 9.94 Å². The van der Waals surface area contributed by atoms with E-state index < -0.39 is 23.5 Å². The summed E-state index contributed by atoms with van der Waals surface area (Å²) in [6, 6.07) is 9.98. The quantitative estimate of drug-likeness (QED) is 0.299. The van der Waals surface area contributed by atoms with E-state index in [1.54, 1.807) is 12.3 Å². The highest BCUT2D eigenvalue weighted by Gasteiger charge is 2.42. The summed E-state index contributed by atoms with van der Waals surface area (Å²) in [5, 5.41) is 8.82. The number of nitrogens with zero attached hydrogens (tertiary/aromatic N) is 1. The van der Waals surface area contributed by atoms with Crippen molar-refractivity contribution in [3.63, 3.8) is 0 Å². The van der Waals surface area contributed by atoms with E-state index >= 15 is 0 Å². The lowest BCUT2D eigenvalue weighted by Gasteiger charge is -2.39. The molecule has 0 amide bonds. The smallest absolute Gasteiger partial charge is 0.406 e. The molecule has 2 aromatic carbocycles. The van der Waals surface area contributed by atoms with E-state index in [0.29, 0.717) is 24.2 Å². The maximum atomic E-state index is 14.1. The van der Waals surface area contributed by atoms with Crippen LogP contribution in [-0.2, 0) is 5.41 Å². The Bertz CT molecular complexity index is 932. The van der Waals surface area contributed by atoms with Gasteiger partial charge in [0.05, 0.1) is 12.8 Å². The standard InChI is InChI=1S/C23H26F4N2O2/c1-22(18-13-15(24)11-12-20(18)31-2)14-28-19-9-5-3-7-16(19)17(22)8-4-6-10-21(29-30)23(25,26)27/h3,5,7,9,11-14,17,21,29-30H,4,6,8,10H2,1-2H3. The first-order valence-electron chi connectivity index (χ1n) is 10.1. The van der Waals surface area contributed by atoms with Crippen LogP contribution in [0.25, 0.3) is 0 Å². The minimum Gasteiger partial charge on any atom is -0.496 e. The Labute approximate surface area is 178 Å². The topological polar surface area (TPSA) is 53.8 Å². The molecule has 0 aromatic heterocycles. The second kappa shape index (κ2) is 9.36. The molecule has 1 aliphatic rings. The van der Waals surface area contributed by atoms with Crippen LogP contribution in [0.1, 0.15) is 49.7 Å². The van der Waals surface area contributed by atoms with Crippen LogP contribution in [0.4, 0.5) is 23.2 Å². The van der Waals surface area contributed by atoms with Crippen molar-refractivity contribution in [3.05, 3.63) is 59.4 Å². The summed E-state index contributed by atoms with van der Waals surface area (Å²) in [6.07, 6.45) is -1.64. The third-order valence-electron chi connectivity index (χ3n) is 6.04. The number of hydrogen-bond acceptors (Lipinski definition) is 4. The predicted octanol–water partition coefficient (Wildman–Crippen LogP) is 6.06. The number of fused-ring (bicyclic) bond motifs is 1. The summed E-state index contributed by atoms with van der Waals surface area (Å²) in [5.41, 5.74) is 3.05. The third-order valence-corrected chi connectivity index (χ3v) is 6.04. The van der Waals surface area contributed by atoms with Crippen molar-refractivity contribution >= 4 is 11.9 Å².